The molecule has 1 aromatic heterocycles. The van der Waals surface area contributed by atoms with Gasteiger partial charge in [-0.25, -0.2) is 4.39 Å². The number of carbonyl (C=O) groups excluding carboxylic acids is 2. The van der Waals surface area contributed by atoms with E-state index in [4.69, 9.17) is 5.73 Å². The van der Waals surface area contributed by atoms with Crippen LogP contribution >= 0.6 is 0 Å². The third-order valence-electron chi connectivity index (χ3n) is 4.06. The number of carbonyl (C=O) groups is 2. The highest BCUT2D eigenvalue weighted by molar-refractivity contribution is 5.96. The predicted molar refractivity (Wildman–Crippen MR) is 83.6 cm³/mol. The molecule has 3 rings (SSSR count). The maximum absolute atomic E-state index is 13.1. The van der Waals surface area contributed by atoms with Crippen molar-refractivity contribution >= 4 is 11.8 Å². The van der Waals surface area contributed by atoms with Crippen LogP contribution in [0.4, 0.5) is 4.39 Å². The molecule has 0 aliphatic carbocycles. The number of halogens is 1. The highest BCUT2D eigenvalue weighted by Gasteiger charge is 2.35. The van der Waals surface area contributed by atoms with E-state index < -0.39 is 12.0 Å². The second-order valence-corrected chi connectivity index (χ2v) is 5.71. The highest BCUT2D eigenvalue weighted by Crippen LogP contribution is 2.33. The van der Waals surface area contributed by atoms with Crippen molar-refractivity contribution in [3.63, 3.8) is 0 Å². The van der Waals surface area contributed by atoms with Gasteiger partial charge in [-0.05, 0) is 36.2 Å². The van der Waals surface area contributed by atoms with Gasteiger partial charge in [-0.3, -0.25) is 14.6 Å². The Morgan fingerprint density at radius 1 is 1.21 bits per heavy atom. The lowest BCUT2D eigenvalue weighted by Gasteiger charge is -2.24. The number of nitrogens with two attached hydrogens (primary N) is 1. The van der Waals surface area contributed by atoms with E-state index in [9.17, 15) is 19.1 Å². The van der Waals surface area contributed by atoms with Crippen molar-refractivity contribution in [3.05, 3.63) is 65.2 Å². The van der Waals surface area contributed by atoms with Crippen molar-refractivity contribution in [1.29, 1.82) is 0 Å². The minimum Gasteiger partial charge on any atom is -0.391 e. The van der Waals surface area contributed by atoms with Gasteiger partial charge >= 0.3 is 0 Å². The first-order valence-corrected chi connectivity index (χ1v) is 7.46. The fraction of sp³-hybridized carbons (Fsp3) is 0.235. The Labute approximate surface area is 137 Å². The first-order valence-electron chi connectivity index (χ1n) is 7.46. The number of nitrogens with zero attached hydrogens (tertiary/aromatic N) is 2. The van der Waals surface area contributed by atoms with Crippen molar-refractivity contribution in [2.24, 2.45) is 5.73 Å². The Hall–Kier alpha value is -2.80. The van der Waals surface area contributed by atoms with Gasteiger partial charge in [0.2, 0.25) is 0 Å². The number of amides is 2. The largest absolute Gasteiger partial charge is 0.391 e. The van der Waals surface area contributed by atoms with E-state index >= 15 is 0 Å². The molecule has 1 aliphatic heterocycles. The summed E-state index contributed by atoms with van der Waals surface area (Å²) in [6.45, 7) is 0.179. The van der Waals surface area contributed by atoms with Crippen molar-refractivity contribution < 1.29 is 19.1 Å². The zero-order chi connectivity index (χ0) is 17.3. The molecule has 2 atom stereocenters. The van der Waals surface area contributed by atoms with Crippen molar-refractivity contribution in [1.82, 2.24) is 9.88 Å². The first kappa shape index (κ1) is 16.1. The normalized spacial score (nSPS) is 20.2. The topological polar surface area (TPSA) is 96.5 Å². The molecule has 124 valence electrons. The van der Waals surface area contributed by atoms with Crippen molar-refractivity contribution in [2.75, 3.05) is 6.54 Å². The van der Waals surface area contributed by atoms with Gasteiger partial charge in [0.15, 0.2) is 0 Å². The highest BCUT2D eigenvalue weighted by atomic mass is 19.1. The van der Waals surface area contributed by atoms with Crippen molar-refractivity contribution in [2.45, 2.75) is 18.6 Å². The monoisotopic (exact) mass is 329 g/mol. The smallest absolute Gasteiger partial charge is 0.267 e. The molecule has 0 saturated carbocycles. The molecule has 1 saturated heterocycles. The summed E-state index contributed by atoms with van der Waals surface area (Å²) >= 11 is 0. The number of primary amides is 1. The molecule has 2 heterocycles. The van der Waals surface area contributed by atoms with Crippen LogP contribution in [0.25, 0.3) is 0 Å². The molecule has 1 aromatic carbocycles. The second-order valence-electron chi connectivity index (χ2n) is 5.71. The molecule has 0 spiro atoms. The van der Waals surface area contributed by atoms with Crippen LogP contribution in [0, 0.1) is 5.82 Å². The quantitative estimate of drug-likeness (QED) is 0.886. The predicted octanol–water partition coefficient (Wildman–Crippen LogP) is 1.27. The van der Waals surface area contributed by atoms with E-state index in [0.29, 0.717) is 12.0 Å². The van der Waals surface area contributed by atoms with E-state index in [-0.39, 0.29) is 30.0 Å². The lowest BCUT2D eigenvalue weighted by molar-refractivity contribution is 0.0715. The zero-order valence-electron chi connectivity index (χ0n) is 12.7. The maximum Gasteiger partial charge on any atom is 0.267 e. The Morgan fingerprint density at radius 3 is 2.50 bits per heavy atom. The number of hydrogen-bond acceptors (Lipinski definition) is 4. The van der Waals surface area contributed by atoms with E-state index in [2.05, 4.69) is 4.98 Å². The minimum atomic E-state index is -0.671. The van der Waals surface area contributed by atoms with Crippen LogP contribution in [-0.2, 0) is 0 Å². The summed E-state index contributed by atoms with van der Waals surface area (Å²) in [7, 11) is 0. The molecule has 1 fully saturated rings. The fourth-order valence-electron chi connectivity index (χ4n) is 2.87. The molecule has 0 bridgehead atoms. The second kappa shape index (κ2) is 6.37. The summed E-state index contributed by atoms with van der Waals surface area (Å²) in [5, 5.41) is 9.95. The molecule has 1 aliphatic rings. The summed E-state index contributed by atoms with van der Waals surface area (Å²) in [6.07, 6.45) is 1.01. The molecule has 2 amide bonds. The van der Waals surface area contributed by atoms with Crippen LogP contribution < -0.4 is 5.73 Å². The van der Waals surface area contributed by atoms with Crippen LogP contribution in [0.15, 0.2) is 42.6 Å². The van der Waals surface area contributed by atoms with E-state index in [0.717, 1.165) is 5.56 Å². The Bertz CT molecular complexity index is 762. The number of likely N-dealkylation sites (tertiary alicyclic amines) is 1. The maximum atomic E-state index is 13.1. The van der Waals surface area contributed by atoms with Gasteiger partial charge in [-0.15, -0.1) is 0 Å². The van der Waals surface area contributed by atoms with Crippen LogP contribution in [-0.4, -0.2) is 39.5 Å². The molecule has 3 N–H and O–H groups in total. The molecule has 2 unspecified atom stereocenters. The van der Waals surface area contributed by atoms with Crippen LogP contribution in [0.3, 0.4) is 0 Å². The summed E-state index contributed by atoms with van der Waals surface area (Å²) in [4.78, 5) is 29.1. The molecule has 2 aromatic rings. The number of hydrogen-bond donors (Lipinski definition) is 2. The molecule has 0 radical (unpaired) electrons. The SMILES string of the molecule is NC(=O)c1ccc(C(=O)N2CC(O)CC2c2ccc(F)cc2)cn1. The van der Waals surface area contributed by atoms with Gasteiger partial charge in [0.1, 0.15) is 11.5 Å². The number of benzene rings is 1. The number of aliphatic hydroxyl groups excluding tert-OH is 1. The van der Waals surface area contributed by atoms with Gasteiger partial charge in [0.25, 0.3) is 11.8 Å². The molecule has 7 heteroatoms. The van der Waals surface area contributed by atoms with Gasteiger partial charge in [0.05, 0.1) is 17.7 Å². The molecular formula is C17H16FN3O3. The van der Waals surface area contributed by atoms with Gasteiger partial charge < -0.3 is 15.7 Å². The number of aliphatic hydroxyl groups is 1. The van der Waals surface area contributed by atoms with E-state index in [1.54, 1.807) is 12.1 Å². The molecule has 6 nitrogen and oxygen atoms in total. The fourth-order valence-corrected chi connectivity index (χ4v) is 2.87. The number of β-amino-alcohol motifs (C(OH)–C–C–N with tert-alkyl or cyclic N) is 1. The van der Waals surface area contributed by atoms with Gasteiger partial charge in [0, 0.05) is 12.7 Å². The number of aromatic nitrogens is 1. The average molecular weight is 329 g/mol. The summed E-state index contributed by atoms with van der Waals surface area (Å²) in [5.74, 6) is -1.35. The Balaban J connectivity index is 1.86. The Morgan fingerprint density at radius 2 is 1.92 bits per heavy atom. The zero-order valence-corrected chi connectivity index (χ0v) is 12.7. The lowest BCUT2D eigenvalue weighted by atomic mass is 10.0. The number of pyridine rings is 1. The Kier molecular flexibility index (Phi) is 4.26. The van der Waals surface area contributed by atoms with Crippen LogP contribution in [0.5, 0.6) is 0 Å². The summed E-state index contributed by atoms with van der Waals surface area (Å²) < 4.78 is 13.1. The lowest BCUT2D eigenvalue weighted by Crippen LogP contribution is -2.32. The summed E-state index contributed by atoms with van der Waals surface area (Å²) in [6, 6.07) is 8.37. The minimum absolute atomic E-state index is 0.0723. The summed E-state index contributed by atoms with van der Waals surface area (Å²) in [5.41, 5.74) is 6.25. The van der Waals surface area contributed by atoms with Crippen LogP contribution in [0.1, 0.15) is 38.9 Å². The third-order valence-corrected chi connectivity index (χ3v) is 4.06. The molecular weight excluding hydrogens is 313 g/mol. The number of rotatable bonds is 3. The van der Waals surface area contributed by atoms with Crippen LogP contribution in [0.2, 0.25) is 0 Å². The van der Waals surface area contributed by atoms with Gasteiger partial charge in [-0.2, -0.15) is 0 Å². The molecule has 24 heavy (non-hydrogen) atoms. The average Bonchev–Trinajstić information content (AvgIpc) is 2.96. The van der Waals surface area contributed by atoms with Gasteiger partial charge in [-0.1, -0.05) is 12.1 Å². The van der Waals surface area contributed by atoms with Crippen molar-refractivity contribution in [3.8, 4) is 0 Å². The van der Waals surface area contributed by atoms with E-state index in [1.165, 1.54) is 35.4 Å². The standard InChI is InChI=1S/C17H16FN3O3/c18-12-4-1-10(2-5-12)15-7-13(22)9-21(15)17(24)11-3-6-14(16(19)23)20-8-11/h1-6,8,13,15,22H,7,9H2,(H2,19,23). The third kappa shape index (κ3) is 3.11. The first-order chi connectivity index (χ1) is 11.5. The van der Waals surface area contributed by atoms with E-state index in [1.807, 2.05) is 0 Å².